The smallest absolute Gasteiger partial charge is 0.245 e. The highest BCUT2D eigenvalue weighted by Gasteiger charge is 2.25. The summed E-state index contributed by atoms with van der Waals surface area (Å²) in [4.78, 5) is 0. The summed E-state index contributed by atoms with van der Waals surface area (Å²) in [5, 5.41) is 0. The summed E-state index contributed by atoms with van der Waals surface area (Å²) < 4.78 is 7.18. The molecule has 0 spiro atoms. The van der Waals surface area contributed by atoms with Crippen LogP contribution in [0.1, 0.15) is 13.8 Å². The van der Waals surface area contributed by atoms with Crippen molar-refractivity contribution in [3.8, 4) is 5.75 Å². The molecule has 3 heteroatoms. The molecular formula is C12H19BrOSi. The van der Waals surface area contributed by atoms with E-state index in [1.165, 1.54) is 6.04 Å². The van der Waals surface area contributed by atoms with Crippen LogP contribution in [0.3, 0.4) is 0 Å². The first-order valence-corrected chi connectivity index (χ1v) is 9.24. The summed E-state index contributed by atoms with van der Waals surface area (Å²) in [5.41, 5.74) is 0. The first kappa shape index (κ1) is 12.8. The van der Waals surface area contributed by atoms with Crippen molar-refractivity contribution in [3.63, 3.8) is 0 Å². The Kier molecular flexibility index (Phi) is 4.41. The first-order chi connectivity index (χ1) is 6.89. The number of rotatable bonds is 4. The minimum Gasteiger partial charge on any atom is -0.544 e. The third-order valence-electron chi connectivity index (χ3n) is 2.11. The highest BCUT2D eigenvalue weighted by molar-refractivity contribution is 9.10. The van der Waals surface area contributed by atoms with Crippen LogP contribution in [0.5, 0.6) is 5.75 Å². The lowest BCUT2D eigenvalue weighted by Gasteiger charge is -2.25. The minimum atomic E-state index is -1.54. The van der Waals surface area contributed by atoms with E-state index in [0.29, 0.717) is 5.92 Å². The fourth-order valence-electron chi connectivity index (χ4n) is 1.85. The maximum Gasteiger partial charge on any atom is 0.245 e. The van der Waals surface area contributed by atoms with Gasteiger partial charge in [-0.1, -0.05) is 29.8 Å². The largest absolute Gasteiger partial charge is 0.544 e. The average molecular weight is 287 g/mol. The second-order valence-corrected chi connectivity index (χ2v) is 9.96. The molecule has 0 aliphatic carbocycles. The molecule has 0 saturated heterocycles. The third-order valence-corrected chi connectivity index (χ3v) is 5.22. The van der Waals surface area contributed by atoms with Gasteiger partial charge in [0.15, 0.2) is 0 Å². The molecule has 0 bridgehead atoms. The fourth-order valence-corrected chi connectivity index (χ4v) is 4.93. The number of hydrogen-bond donors (Lipinski definition) is 0. The Labute approximate surface area is 102 Å². The van der Waals surface area contributed by atoms with Crippen LogP contribution in [-0.4, -0.2) is 8.32 Å². The van der Waals surface area contributed by atoms with E-state index in [9.17, 15) is 0 Å². The summed E-state index contributed by atoms with van der Waals surface area (Å²) in [7, 11) is -1.54. The van der Waals surface area contributed by atoms with Crippen molar-refractivity contribution >= 4 is 24.2 Å². The van der Waals surface area contributed by atoms with Crippen molar-refractivity contribution in [2.24, 2.45) is 5.92 Å². The van der Waals surface area contributed by atoms with E-state index in [4.69, 9.17) is 4.43 Å². The quantitative estimate of drug-likeness (QED) is 0.730. The molecule has 0 unspecified atom stereocenters. The molecule has 15 heavy (non-hydrogen) atoms. The van der Waals surface area contributed by atoms with Crippen molar-refractivity contribution in [2.45, 2.75) is 33.0 Å². The van der Waals surface area contributed by atoms with Gasteiger partial charge in [0, 0.05) is 4.47 Å². The van der Waals surface area contributed by atoms with Crippen molar-refractivity contribution in [2.75, 3.05) is 0 Å². The van der Waals surface area contributed by atoms with Gasteiger partial charge in [-0.15, -0.1) is 0 Å². The summed E-state index contributed by atoms with van der Waals surface area (Å²) in [6.07, 6.45) is 0. The number of hydrogen-bond acceptors (Lipinski definition) is 1. The molecule has 0 saturated carbocycles. The second kappa shape index (κ2) is 5.17. The highest BCUT2D eigenvalue weighted by Crippen LogP contribution is 2.23. The van der Waals surface area contributed by atoms with E-state index in [2.05, 4.69) is 42.9 Å². The maximum atomic E-state index is 6.09. The normalized spacial score (nSPS) is 11.9. The minimum absolute atomic E-state index is 0.710. The molecule has 0 fully saturated rings. The Morgan fingerprint density at radius 1 is 1.20 bits per heavy atom. The number of benzene rings is 1. The van der Waals surface area contributed by atoms with Crippen molar-refractivity contribution in [3.05, 3.63) is 28.7 Å². The molecule has 1 nitrogen and oxygen atoms in total. The van der Waals surface area contributed by atoms with Crippen LogP contribution in [0.15, 0.2) is 28.7 Å². The Hall–Kier alpha value is -0.283. The van der Waals surface area contributed by atoms with E-state index in [1.807, 2.05) is 24.3 Å². The maximum absolute atomic E-state index is 6.09. The number of halogens is 1. The van der Waals surface area contributed by atoms with Crippen molar-refractivity contribution in [1.29, 1.82) is 0 Å². The molecular weight excluding hydrogens is 268 g/mol. The van der Waals surface area contributed by atoms with E-state index in [-0.39, 0.29) is 0 Å². The van der Waals surface area contributed by atoms with Crippen LogP contribution < -0.4 is 4.43 Å². The monoisotopic (exact) mass is 286 g/mol. The Bertz CT molecular complexity index is 306. The Morgan fingerprint density at radius 2 is 1.73 bits per heavy atom. The lowest BCUT2D eigenvalue weighted by atomic mass is 10.3. The highest BCUT2D eigenvalue weighted by atomic mass is 79.9. The van der Waals surface area contributed by atoms with E-state index in [0.717, 1.165) is 10.2 Å². The zero-order valence-electron chi connectivity index (χ0n) is 9.88. The van der Waals surface area contributed by atoms with Crippen LogP contribution in [0.4, 0.5) is 0 Å². The molecule has 0 atom stereocenters. The molecule has 1 aromatic carbocycles. The van der Waals surface area contributed by atoms with Crippen LogP contribution in [-0.2, 0) is 0 Å². The van der Waals surface area contributed by atoms with Gasteiger partial charge in [-0.25, -0.2) is 0 Å². The van der Waals surface area contributed by atoms with Crippen LogP contribution in [0.2, 0.25) is 19.1 Å². The van der Waals surface area contributed by atoms with Gasteiger partial charge in [0.2, 0.25) is 8.32 Å². The molecule has 0 N–H and O–H groups in total. The van der Waals surface area contributed by atoms with Gasteiger partial charge in [0.05, 0.1) is 0 Å². The van der Waals surface area contributed by atoms with Gasteiger partial charge in [0.25, 0.3) is 0 Å². The molecule has 0 radical (unpaired) electrons. The predicted molar refractivity (Wildman–Crippen MR) is 71.9 cm³/mol. The summed E-state index contributed by atoms with van der Waals surface area (Å²) in [6, 6.07) is 9.30. The van der Waals surface area contributed by atoms with E-state index >= 15 is 0 Å². The predicted octanol–water partition coefficient (Wildman–Crippen LogP) is 4.69. The summed E-state index contributed by atoms with van der Waals surface area (Å²) in [6.45, 7) is 9.05. The lowest BCUT2D eigenvalue weighted by Crippen LogP contribution is -2.35. The van der Waals surface area contributed by atoms with Crippen LogP contribution in [0, 0.1) is 5.92 Å². The van der Waals surface area contributed by atoms with E-state index in [1.54, 1.807) is 0 Å². The van der Waals surface area contributed by atoms with Gasteiger partial charge >= 0.3 is 0 Å². The zero-order chi connectivity index (χ0) is 11.5. The van der Waals surface area contributed by atoms with Crippen molar-refractivity contribution in [1.82, 2.24) is 0 Å². The van der Waals surface area contributed by atoms with Crippen molar-refractivity contribution < 1.29 is 4.43 Å². The molecule has 84 valence electrons. The van der Waals surface area contributed by atoms with Crippen LogP contribution in [0.25, 0.3) is 0 Å². The summed E-state index contributed by atoms with van der Waals surface area (Å²) >= 11 is 3.42. The Morgan fingerprint density at radius 3 is 2.20 bits per heavy atom. The molecule has 0 heterocycles. The molecule has 0 aromatic heterocycles. The van der Waals surface area contributed by atoms with Gasteiger partial charge in [-0.05, 0) is 49.3 Å². The topological polar surface area (TPSA) is 9.23 Å². The Balaban J connectivity index is 2.64. The first-order valence-electron chi connectivity index (χ1n) is 5.34. The molecule has 1 aromatic rings. The molecule has 0 aliphatic heterocycles. The van der Waals surface area contributed by atoms with Gasteiger partial charge in [0.1, 0.15) is 5.75 Å². The molecule has 1 rings (SSSR count). The molecule has 0 amide bonds. The lowest BCUT2D eigenvalue weighted by molar-refractivity contribution is 0.528. The van der Waals surface area contributed by atoms with Crippen LogP contribution >= 0.6 is 15.9 Å². The van der Waals surface area contributed by atoms with E-state index < -0.39 is 8.32 Å². The fraction of sp³-hybridized carbons (Fsp3) is 0.500. The standard InChI is InChI=1S/C12H19BrOSi/c1-10(2)9-15(3,4)14-12-7-5-11(13)6-8-12/h5-8,10H,9H2,1-4H3. The second-order valence-electron chi connectivity index (χ2n) is 4.91. The van der Waals surface area contributed by atoms with Gasteiger partial charge in [-0.2, -0.15) is 0 Å². The zero-order valence-corrected chi connectivity index (χ0v) is 12.5. The molecule has 0 aliphatic rings. The average Bonchev–Trinajstić information content (AvgIpc) is 2.06. The van der Waals surface area contributed by atoms with Gasteiger partial charge in [-0.3, -0.25) is 0 Å². The summed E-state index contributed by atoms with van der Waals surface area (Å²) in [5.74, 6) is 1.71. The third kappa shape index (κ3) is 4.84. The SMILES string of the molecule is CC(C)C[Si](C)(C)Oc1ccc(Br)cc1. The van der Waals surface area contributed by atoms with Gasteiger partial charge < -0.3 is 4.43 Å².